The standard InChI is InChI=1S/C10H21NO/c1-8(2)10(4)7-11-9(3)5-6-12-10/h8-9,11H,5-7H2,1-4H3. The Morgan fingerprint density at radius 2 is 2.17 bits per heavy atom. The van der Waals surface area contributed by atoms with Crippen molar-refractivity contribution in [2.45, 2.75) is 45.8 Å². The number of hydrogen-bond acceptors (Lipinski definition) is 2. The van der Waals surface area contributed by atoms with Gasteiger partial charge in [0.2, 0.25) is 0 Å². The Morgan fingerprint density at radius 3 is 2.75 bits per heavy atom. The average Bonchev–Trinajstić information content (AvgIpc) is 2.15. The van der Waals surface area contributed by atoms with E-state index in [1.54, 1.807) is 0 Å². The van der Waals surface area contributed by atoms with Crippen LogP contribution in [-0.4, -0.2) is 24.8 Å². The molecule has 0 aromatic heterocycles. The molecule has 2 atom stereocenters. The topological polar surface area (TPSA) is 21.3 Å². The second-order valence-electron chi connectivity index (χ2n) is 4.39. The van der Waals surface area contributed by atoms with Crippen LogP contribution in [0.15, 0.2) is 0 Å². The molecule has 1 rings (SSSR count). The van der Waals surface area contributed by atoms with Crippen LogP contribution in [-0.2, 0) is 4.74 Å². The number of hydrogen-bond donors (Lipinski definition) is 1. The number of nitrogens with one attached hydrogen (secondary N) is 1. The zero-order valence-electron chi connectivity index (χ0n) is 8.68. The van der Waals surface area contributed by atoms with E-state index in [0.717, 1.165) is 19.6 Å². The zero-order valence-corrected chi connectivity index (χ0v) is 8.68. The van der Waals surface area contributed by atoms with Gasteiger partial charge in [-0.05, 0) is 26.2 Å². The van der Waals surface area contributed by atoms with Crippen LogP contribution in [0.4, 0.5) is 0 Å². The van der Waals surface area contributed by atoms with Gasteiger partial charge in [0, 0.05) is 19.2 Å². The summed E-state index contributed by atoms with van der Waals surface area (Å²) in [5.74, 6) is 0.579. The molecule has 2 heteroatoms. The van der Waals surface area contributed by atoms with E-state index in [1.807, 2.05) is 0 Å². The molecule has 1 aliphatic heterocycles. The van der Waals surface area contributed by atoms with Gasteiger partial charge in [-0.25, -0.2) is 0 Å². The molecular formula is C10H21NO. The summed E-state index contributed by atoms with van der Waals surface area (Å²) in [7, 11) is 0. The van der Waals surface area contributed by atoms with E-state index in [0.29, 0.717) is 12.0 Å². The van der Waals surface area contributed by atoms with E-state index in [1.165, 1.54) is 0 Å². The molecular weight excluding hydrogens is 150 g/mol. The molecule has 0 spiro atoms. The van der Waals surface area contributed by atoms with E-state index >= 15 is 0 Å². The van der Waals surface area contributed by atoms with Crippen LogP contribution in [0.5, 0.6) is 0 Å². The quantitative estimate of drug-likeness (QED) is 0.649. The molecule has 0 bridgehead atoms. The first-order chi connectivity index (χ1) is 5.54. The molecule has 1 fully saturated rings. The Morgan fingerprint density at radius 1 is 1.50 bits per heavy atom. The lowest BCUT2D eigenvalue weighted by atomic mass is 9.92. The van der Waals surface area contributed by atoms with Crippen molar-refractivity contribution in [3.63, 3.8) is 0 Å². The van der Waals surface area contributed by atoms with E-state index in [9.17, 15) is 0 Å². The highest BCUT2D eigenvalue weighted by molar-refractivity contribution is 4.85. The molecule has 0 aliphatic carbocycles. The predicted molar refractivity (Wildman–Crippen MR) is 51.3 cm³/mol. The molecule has 2 unspecified atom stereocenters. The molecule has 1 saturated heterocycles. The second-order valence-corrected chi connectivity index (χ2v) is 4.39. The van der Waals surface area contributed by atoms with Crippen LogP contribution >= 0.6 is 0 Å². The third-order valence-electron chi connectivity index (χ3n) is 3.01. The molecule has 0 amide bonds. The normalized spacial score (nSPS) is 38.2. The highest BCUT2D eigenvalue weighted by Gasteiger charge is 2.31. The summed E-state index contributed by atoms with van der Waals surface area (Å²) in [5.41, 5.74) is 0.0325. The summed E-state index contributed by atoms with van der Waals surface area (Å²) in [6.45, 7) is 10.7. The minimum atomic E-state index is 0.0325. The highest BCUT2D eigenvalue weighted by atomic mass is 16.5. The van der Waals surface area contributed by atoms with Gasteiger partial charge < -0.3 is 10.1 Å². The van der Waals surface area contributed by atoms with Gasteiger partial charge in [-0.3, -0.25) is 0 Å². The minimum Gasteiger partial charge on any atom is -0.374 e. The van der Waals surface area contributed by atoms with E-state index < -0.39 is 0 Å². The van der Waals surface area contributed by atoms with Crippen molar-refractivity contribution in [2.75, 3.05) is 13.2 Å². The lowest BCUT2D eigenvalue weighted by molar-refractivity contribution is -0.0521. The molecule has 0 saturated carbocycles. The van der Waals surface area contributed by atoms with E-state index in [4.69, 9.17) is 4.74 Å². The first kappa shape index (κ1) is 10.0. The Labute approximate surface area is 75.7 Å². The fourth-order valence-electron chi connectivity index (χ4n) is 1.37. The maximum Gasteiger partial charge on any atom is 0.0801 e. The van der Waals surface area contributed by atoms with Crippen molar-refractivity contribution in [2.24, 2.45) is 5.92 Å². The SMILES string of the molecule is CC1CCOC(C)(C(C)C)CN1. The molecule has 2 nitrogen and oxygen atoms in total. The van der Waals surface area contributed by atoms with Crippen LogP contribution in [0, 0.1) is 5.92 Å². The van der Waals surface area contributed by atoms with Gasteiger partial charge in [0.1, 0.15) is 0 Å². The van der Waals surface area contributed by atoms with Gasteiger partial charge in [-0.2, -0.15) is 0 Å². The Balaban J connectivity index is 2.55. The fourth-order valence-corrected chi connectivity index (χ4v) is 1.37. The van der Waals surface area contributed by atoms with Crippen molar-refractivity contribution in [3.8, 4) is 0 Å². The average molecular weight is 171 g/mol. The summed E-state index contributed by atoms with van der Waals surface area (Å²) in [5, 5.41) is 3.49. The van der Waals surface area contributed by atoms with Crippen molar-refractivity contribution in [1.29, 1.82) is 0 Å². The second kappa shape index (κ2) is 3.75. The summed E-state index contributed by atoms with van der Waals surface area (Å²) < 4.78 is 5.86. The molecule has 0 aromatic carbocycles. The maximum absolute atomic E-state index is 5.86. The molecule has 12 heavy (non-hydrogen) atoms. The Kier molecular flexibility index (Phi) is 3.13. The highest BCUT2D eigenvalue weighted by Crippen LogP contribution is 2.23. The predicted octanol–water partition coefficient (Wildman–Crippen LogP) is 1.80. The molecule has 1 aliphatic rings. The monoisotopic (exact) mass is 171 g/mol. The molecule has 1 N–H and O–H groups in total. The van der Waals surface area contributed by atoms with E-state index in [-0.39, 0.29) is 5.60 Å². The van der Waals surface area contributed by atoms with Crippen molar-refractivity contribution in [1.82, 2.24) is 5.32 Å². The molecule has 0 aromatic rings. The summed E-state index contributed by atoms with van der Waals surface area (Å²) in [6, 6.07) is 0.602. The lowest BCUT2D eigenvalue weighted by Crippen LogP contribution is -2.44. The maximum atomic E-state index is 5.86. The van der Waals surface area contributed by atoms with E-state index in [2.05, 4.69) is 33.0 Å². The smallest absolute Gasteiger partial charge is 0.0801 e. The van der Waals surface area contributed by atoms with Crippen LogP contribution in [0.2, 0.25) is 0 Å². The van der Waals surface area contributed by atoms with Gasteiger partial charge >= 0.3 is 0 Å². The minimum absolute atomic E-state index is 0.0325. The first-order valence-corrected chi connectivity index (χ1v) is 4.92. The van der Waals surface area contributed by atoms with Crippen LogP contribution in [0.1, 0.15) is 34.1 Å². The van der Waals surface area contributed by atoms with Gasteiger partial charge in [0.15, 0.2) is 0 Å². The Hall–Kier alpha value is -0.0800. The van der Waals surface area contributed by atoms with Crippen molar-refractivity contribution < 1.29 is 4.74 Å². The van der Waals surface area contributed by atoms with Gasteiger partial charge in [0.05, 0.1) is 5.60 Å². The molecule has 72 valence electrons. The van der Waals surface area contributed by atoms with Crippen molar-refractivity contribution >= 4 is 0 Å². The van der Waals surface area contributed by atoms with Crippen LogP contribution in [0.25, 0.3) is 0 Å². The van der Waals surface area contributed by atoms with Gasteiger partial charge in [-0.1, -0.05) is 13.8 Å². The van der Waals surface area contributed by atoms with Crippen molar-refractivity contribution in [3.05, 3.63) is 0 Å². The third-order valence-corrected chi connectivity index (χ3v) is 3.01. The first-order valence-electron chi connectivity index (χ1n) is 4.92. The number of ether oxygens (including phenoxy) is 1. The van der Waals surface area contributed by atoms with Crippen LogP contribution in [0.3, 0.4) is 0 Å². The largest absolute Gasteiger partial charge is 0.374 e. The van der Waals surface area contributed by atoms with Gasteiger partial charge in [0.25, 0.3) is 0 Å². The summed E-state index contributed by atoms with van der Waals surface area (Å²) in [6.07, 6.45) is 1.13. The van der Waals surface area contributed by atoms with Gasteiger partial charge in [-0.15, -0.1) is 0 Å². The number of rotatable bonds is 1. The molecule has 1 heterocycles. The Bertz CT molecular complexity index is 147. The zero-order chi connectivity index (χ0) is 9.19. The molecule has 0 radical (unpaired) electrons. The third kappa shape index (κ3) is 2.20. The van der Waals surface area contributed by atoms with Crippen LogP contribution < -0.4 is 5.32 Å². The summed E-state index contributed by atoms with van der Waals surface area (Å²) in [4.78, 5) is 0. The lowest BCUT2D eigenvalue weighted by Gasteiger charge is -2.32. The summed E-state index contributed by atoms with van der Waals surface area (Å²) >= 11 is 0. The fraction of sp³-hybridized carbons (Fsp3) is 1.00.